The maximum absolute atomic E-state index is 14.1. The summed E-state index contributed by atoms with van der Waals surface area (Å²) in [7, 11) is 0. The molecule has 1 fully saturated rings. The van der Waals surface area contributed by atoms with Crippen molar-refractivity contribution < 1.29 is 28.4 Å². The fraction of sp³-hybridized carbons (Fsp3) is 0.367. The first kappa shape index (κ1) is 25.0. The molecule has 1 saturated heterocycles. The summed E-state index contributed by atoms with van der Waals surface area (Å²) in [4.78, 5) is 55.0. The zero-order valence-corrected chi connectivity index (χ0v) is 21.9. The molecule has 0 saturated carbocycles. The maximum Gasteiger partial charge on any atom is 0.329 e. The van der Waals surface area contributed by atoms with Gasteiger partial charge in [-0.25, -0.2) is 4.79 Å². The van der Waals surface area contributed by atoms with Crippen LogP contribution in [0.2, 0.25) is 0 Å². The summed E-state index contributed by atoms with van der Waals surface area (Å²) < 4.78 is 10.3. The predicted molar refractivity (Wildman–Crippen MR) is 139 cm³/mol. The minimum atomic E-state index is -1.12. The van der Waals surface area contributed by atoms with E-state index in [-0.39, 0.29) is 41.8 Å². The average molecular weight is 528 g/mol. The van der Waals surface area contributed by atoms with Gasteiger partial charge in [-0.1, -0.05) is 67.5 Å². The van der Waals surface area contributed by atoms with Crippen molar-refractivity contribution in [3.05, 3.63) is 82.6 Å². The summed E-state index contributed by atoms with van der Waals surface area (Å²) in [6.07, 6.45) is 0.231. The number of aromatic nitrogens is 1. The van der Waals surface area contributed by atoms with E-state index in [4.69, 9.17) is 9.26 Å². The van der Waals surface area contributed by atoms with E-state index < -0.39 is 36.4 Å². The highest BCUT2D eigenvalue weighted by molar-refractivity contribution is 6.10. The van der Waals surface area contributed by atoms with E-state index in [1.165, 1.54) is 6.07 Å². The van der Waals surface area contributed by atoms with Crippen molar-refractivity contribution in [1.82, 2.24) is 10.1 Å². The minimum Gasteiger partial charge on any atom is -0.454 e. The van der Waals surface area contributed by atoms with Gasteiger partial charge in [0.25, 0.3) is 5.91 Å². The van der Waals surface area contributed by atoms with Gasteiger partial charge in [0.1, 0.15) is 11.8 Å². The van der Waals surface area contributed by atoms with Gasteiger partial charge in [0, 0.05) is 17.9 Å². The van der Waals surface area contributed by atoms with Crippen LogP contribution in [0.4, 0.5) is 5.82 Å². The number of amides is 3. The summed E-state index contributed by atoms with van der Waals surface area (Å²) in [6, 6.07) is 16.4. The van der Waals surface area contributed by atoms with Crippen LogP contribution in [0.3, 0.4) is 0 Å². The Hall–Kier alpha value is -4.27. The molecule has 1 N–H and O–H groups in total. The lowest BCUT2D eigenvalue weighted by Gasteiger charge is -2.45. The van der Waals surface area contributed by atoms with E-state index >= 15 is 0 Å². The standard InChI is InChI=1S/C30H29N3O6/c1-15(2)12-21(30(37)38-14-23(34)31-22-13-16(3)39-32-22)33-28(35)26-24-17-8-4-5-9-18(17)25(27(26)29(33)36)20-11-7-6-10-19(20)24/h4-11,13,15,21,24-27H,12,14H2,1-3H3,(H,31,32,34)/t21-,24?,25?,26-,27-/m0/s1. The smallest absolute Gasteiger partial charge is 0.329 e. The number of esters is 1. The summed E-state index contributed by atoms with van der Waals surface area (Å²) in [5.41, 5.74) is 4.25. The molecule has 39 heavy (non-hydrogen) atoms. The Morgan fingerprint density at radius 3 is 1.90 bits per heavy atom. The van der Waals surface area contributed by atoms with Crippen LogP contribution in [-0.2, 0) is 23.9 Å². The first-order valence-corrected chi connectivity index (χ1v) is 13.2. The zero-order chi connectivity index (χ0) is 27.4. The van der Waals surface area contributed by atoms with Crippen LogP contribution in [0.5, 0.6) is 0 Å². The molecular formula is C30H29N3O6. The molecule has 1 aliphatic heterocycles. The number of likely N-dealkylation sites (tertiary alicyclic amines) is 1. The third kappa shape index (κ3) is 4.04. The summed E-state index contributed by atoms with van der Waals surface area (Å²) >= 11 is 0. The number of anilines is 1. The summed E-state index contributed by atoms with van der Waals surface area (Å²) in [5.74, 6) is -3.08. The van der Waals surface area contributed by atoms with E-state index in [1.54, 1.807) is 6.92 Å². The molecule has 0 unspecified atom stereocenters. The van der Waals surface area contributed by atoms with E-state index in [0.717, 1.165) is 27.2 Å². The van der Waals surface area contributed by atoms with Crippen molar-refractivity contribution in [2.24, 2.45) is 17.8 Å². The van der Waals surface area contributed by atoms with Crippen molar-refractivity contribution in [1.29, 1.82) is 0 Å². The van der Waals surface area contributed by atoms with Crippen molar-refractivity contribution in [3.8, 4) is 0 Å². The molecule has 4 aliphatic rings. The number of nitrogens with zero attached hydrogens (tertiary/aromatic N) is 2. The highest BCUT2D eigenvalue weighted by atomic mass is 16.5. The molecule has 3 atom stereocenters. The van der Waals surface area contributed by atoms with Crippen molar-refractivity contribution in [2.75, 3.05) is 11.9 Å². The van der Waals surface area contributed by atoms with Gasteiger partial charge in [-0.2, -0.15) is 0 Å². The molecule has 3 aliphatic carbocycles. The predicted octanol–water partition coefficient (Wildman–Crippen LogP) is 3.77. The molecule has 3 amide bonds. The van der Waals surface area contributed by atoms with Gasteiger partial charge in [-0.15, -0.1) is 0 Å². The second-order valence-corrected chi connectivity index (χ2v) is 10.9. The van der Waals surface area contributed by atoms with Gasteiger partial charge in [-0.05, 0) is 41.5 Å². The van der Waals surface area contributed by atoms with E-state index in [1.807, 2.05) is 62.4 Å². The SMILES string of the molecule is Cc1cc(NC(=O)COC(=O)[C@H](CC(C)C)N2C(=O)[C@H]3C4c5ccccc5C(c5ccccc54)[C@@H]3C2=O)no1. The first-order chi connectivity index (χ1) is 18.8. The van der Waals surface area contributed by atoms with Gasteiger partial charge in [0.2, 0.25) is 11.8 Å². The molecule has 3 aromatic rings. The molecule has 200 valence electrons. The van der Waals surface area contributed by atoms with Crippen LogP contribution in [0.25, 0.3) is 0 Å². The molecular weight excluding hydrogens is 498 g/mol. The maximum atomic E-state index is 14.1. The number of benzene rings is 2. The Bertz CT molecular complexity index is 1380. The molecule has 7 rings (SSSR count). The van der Waals surface area contributed by atoms with E-state index in [0.29, 0.717) is 5.76 Å². The Balaban J connectivity index is 1.29. The zero-order valence-electron chi connectivity index (χ0n) is 21.9. The third-order valence-electron chi connectivity index (χ3n) is 8.00. The number of rotatable bonds is 7. The fourth-order valence-electron chi connectivity index (χ4n) is 6.60. The van der Waals surface area contributed by atoms with Crippen LogP contribution in [-0.4, -0.2) is 46.4 Å². The molecule has 0 radical (unpaired) electrons. The van der Waals surface area contributed by atoms with Crippen molar-refractivity contribution in [2.45, 2.75) is 45.1 Å². The second-order valence-electron chi connectivity index (χ2n) is 10.9. The summed E-state index contributed by atoms with van der Waals surface area (Å²) in [5, 5.41) is 6.19. The topological polar surface area (TPSA) is 119 Å². The first-order valence-electron chi connectivity index (χ1n) is 13.2. The van der Waals surface area contributed by atoms with Crippen molar-refractivity contribution in [3.63, 3.8) is 0 Å². The number of ether oxygens (including phenoxy) is 1. The molecule has 2 heterocycles. The number of carbonyl (C=O) groups is 4. The number of aryl methyl sites for hydroxylation is 1. The normalized spacial score (nSPS) is 23.3. The van der Waals surface area contributed by atoms with Gasteiger partial charge < -0.3 is 14.6 Å². The van der Waals surface area contributed by atoms with Crippen LogP contribution in [0.1, 0.15) is 60.1 Å². The van der Waals surface area contributed by atoms with Gasteiger partial charge in [0.15, 0.2) is 12.4 Å². The quantitative estimate of drug-likeness (QED) is 0.367. The number of nitrogens with one attached hydrogen (secondary N) is 1. The molecule has 0 spiro atoms. The summed E-state index contributed by atoms with van der Waals surface area (Å²) in [6.45, 7) is 4.93. The number of imide groups is 1. The Kier molecular flexibility index (Phi) is 6.09. The lowest BCUT2D eigenvalue weighted by atomic mass is 9.55. The van der Waals surface area contributed by atoms with Crippen molar-refractivity contribution >= 4 is 29.5 Å². The molecule has 9 nitrogen and oxygen atoms in total. The molecule has 2 aromatic carbocycles. The van der Waals surface area contributed by atoms with Gasteiger partial charge in [0.05, 0.1) is 11.8 Å². The van der Waals surface area contributed by atoms with E-state index in [9.17, 15) is 19.2 Å². The molecule has 2 bridgehead atoms. The second kappa shape index (κ2) is 9.48. The van der Waals surface area contributed by atoms with Crippen LogP contribution >= 0.6 is 0 Å². The average Bonchev–Trinajstić information content (AvgIpc) is 3.45. The lowest BCUT2D eigenvalue weighted by molar-refractivity contribution is -0.160. The molecule has 1 aromatic heterocycles. The minimum absolute atomic E-state index is 0.0103. The highest BCUT2D eigenvalue weighted by Gasteiger charge is 2.63. The van der Waals surface area contributed by atoms with E-state index in [2.05, 4.69) is 10.5 Å². The monoisotopic (exact) mass is 527 g/mol. The van der Waals surface area contributed by atoms with Crippen LogP contribution in [0.15, 0.2) is 59.1 Å². The lowest BCUT2D eigenvalue weighted by Crippen LogP contribution is -2.47. The Morgan fingerprint density at radius 1 is 0.949 bits per heavy atom. The third-order valence-corrected chi connectivity index (χ3v) is 8.00. The van der Waals surface area contributed by atoms with Crippen LogP contribution in [0, 0.1) is 24.7 Å². The number of carbonyl (C=O) groups excluding carboxylic acids is 4. The Labute approximate surface area is 225 Å². The Morgan fingerprint density at radius 2 is 1.46 bits per heavy atom. The largest absolute Gasteiger partial charge is 0.454 e. The van der Waals surface area contributed by atoms with Gasteiger partial charge >= 0.3 is 5.97 Å². The van der Waals surface area contributed by atoms with Gasteiger partial charge in [-0.3, -0.25) is 19.3 Å². The fourth-order valence-corrected chi connectivity index (χ4v) is 6.60. The van der Waals surface area contributed by atoms with Crippen LogP contribution < -0.4 is 5.32 Å². The number of hydrogen-bond acceptors (Lipinski definition) is 7. The number of hydrogen-bond donors (Lipinski definition) is 1. The molecule has 9 heteroatoms. The highest BCUT2D eigenvalue weighted by Crippen LogP contribution is 2.61.